The minimum Gasteiger partial charge on any atom is -0.391 e. The molecule has 1 N–H and O–H groups in total. The van der Waals surface area contributed by atoms with Crippen molar-refractivity contribution in [1.82, 2.24) is 4.90 Å². The molecule has 1 fully saturated rings. The van der Waals surface area contributed by atoms with Gasteiger partial charge in [-0.2, -0.15) is 0 Å². The molecule has 0 bridgehead atoms. The van der Waals surface area contributed by atoms with E-state index in [1.165, 1.54) is 11.0 Å². The first kappa shape index (κ1) is 13.9. The van der Waals surface area contributed by atoms with Gasteiger partial charge in [-0.25, -0.2) is 8.78 Å². The number of halogens is 2. The molecule has 1 saturated carbocycles. The normalized spacial score (nSPS) is 16.2. The van der Waals surface area contributed by atoms with E-state index in [9.17, 15) is 18.7 Å². The monoisotopic (exact) mass is 269 g/mol. The predicted octanol–water partition coefficient (Wildman–Crippen LogP) is 1.74. The Morgan fingerprint density at radius 1 is 1.47 bits per heavy atom. The van der Waals surface area contributed by atoms with Crippen molar-refractivity contribution in [2.75, 3.05) is 13.6 Å². The Labute approximate surface area is 110 Å². The summed E-state index contributed by atoms with van der Waals surface area (Å²) in [5.74, 6) is -1.38. The Morgan fingerprint density at radius 2 is 2.16 bits per heavy atom. The molecule has 0 saturated heterocycles. The molecule has 1 aliphatic rings. The number of nitrogens with zero attached hydrogens (tertiary/aromatic N) is 1. The van der Waals surface area contributed by atoms with E-state index in [1.54, 1.807) is 7.05 Å². The third-order valence-electron chi connectivity index (χ3n) is 3.41. The van der Waals surface area contributed by atoms with Crippen LogP contribution in [0.4, 0.5) is 8.78 Å². The minimum atomic E-state index is -0.718. The highest BCUT2D eigenvalue weighted by Crippen LogP contribution is 2.32. The highest BCUT2D eigenvalue weighted by Gasteiger charge is 2.31. The van der Waals surface area contributed by atoms with Crippen molar-refractivity contribution >= 4 is 5.91 Å². The summed E-state index contributed by atoms with van der Waals surface area (Å²) in [7, 11) is 1.58. The van der Waals surface area contributed by atoms with Crippen LogP contribution in [0.3, 0.4) is 0 Å². The number of amides is 1. The number of aliphatic hydroxyl groups excluding tert-OH is 1. The van der Waals surface area contributed by atoms with Crippen LogP contribution in [0.15, 0.2) is 18.2 Å². The molecular weight excluding hydrogens is 252 g/mol. The number of rotatable bonds is 5. The molecule has 0 radical (unpaired) electrons. The van der Waals surface area contributed by atoms with Gasteiger partial charge in [-0.3, -0.25) is 4.79 Å². The molecule has 1 aromatic rings. The number of hydrogen-bond donors (Lipinski definition) is 1. The van der Waals surface area contributed by atoms with E-state index < -0.39 is 17.7 Å². The molecule has 3 nitrogen and oxygen atoms in total. The van der Waals surface area contributed by atoms with Crippen molar-refractivity contribution < 1.29 is 18.7 Å². The number of carbonyl (C=O) groups excluding carboxylic acids is 1. The lowest BCUT2D eigenvalue weighted by molar-refractivity contribution is -0.130. The Bertz CT molecular complexity index is 475. The first-order valence-electron chi connectivity index (χ1n) is 6.33. The van der Waals surface area contributed by atoms with Crippen LogP contribution in [0.2, 0.25) is 0 Å². The van der Waals surface area contributed by atoms with Gasteiger partial charge in [-0.15, -0.1) is 0 Å². The van der Waals surface area contributed by atoms with E-state index in [1.807, 2.05) is 0 Å². The maximum Gasteiger partial charge on any atom is 0.226 e. The van der Waals surface area contributed by atoms with Gasteiger partial charge >= 0.3 is 0 Å². The molecule has 19 heavy (non-hydrogen) atoms. The maximum atomic E-state index is 13.4. The van der Waals surface area contributed by atoms with Crippen molar-refractivity contribution in [3.05, 3.63) is 35.4 Å². The van der Waals surface area contributed by atoms with Gasteiger partial charge in [0, 0.05) is 19.7 Å². The lowest BCUT2D eigenvalue weighted by atomic mass is 10.1. The molecule has 0 aliphatic heterocycles. The third-order valence-corrected chi connectivity index (χ3v) is 3.41. The van der Waals surface area contributed by atoms with E-state index in [4.69, 9.17) is 0 Å². The average Bonchev–Trinajstić information content (AvgIpc) is 3.16. The fraction of sp³-hybridized carbons (Fsp3) is 0.500. The second-order valence-corrected chi connectivity index (χ2v) is 5.09. The fourth-order valence-electron chi connectivity index (χ4n) is 1.98. The van der Waals surface area contributed by atoms with Crippen molar-refractivity contribution in [3.8, 4) is 0 Å². The Balaban J connectivity index is 1.91. The van der Waals surface area contributed by atoms with E-state index in [-0.39, 0.29) is 30.4 Å². The molecule has 2 rings (SSSR count). The smallest absolute Gasteiger partial charge is 0.226 e. The number of hydrogen-bond acceptors (Lipinski definition) is 2. The first-order valence-corrected chi connectivity index (χ1v) is 6.33. The maximum absolute atomic E-state index is 13.4. The van der Waals surface area contributed by atoms with Crippen LogP contribution in [-0.2, 0) is 11.2 Å². The zero-order chi connectivity index (χ0) is 14.0. The van der Waals surface area contributed by atoms with E-state index in [0.29, 0.717) is 0 Å². The van der Waals surface area contributed by atoms with Crippen molar-refractivity contribution in [3.63, 3.8) is 0 Å². The van der Waals surface area contributed by atoms with Crippen LogP contribution in [0.5, 0.6) is 0 Å². The average molecular weight is 269 g/mol. The van der Waals surface area contributed by atoms with Crippen molar-refractivity contribution in [1.29, 1.82) is 0 Å². The van der Waals surface area contributed by atoms with Crippen molar-refractivity contribution in [2.24, 2.45) is 5.92 Å². The molecule has 1 aromatic carbocycles. The topological polar surface area (TPSA) is 40.5 Å². The van der Waals surface area contributed by atoms with Gasteiger partial charge in [0.25, 0.3) is 0 Å². The van der Waals surface area contributed by atoms with Crippen LogP contribution >= 0.6 is 0 Å². The number of carbonyl (C=O) groups is 1. The molecule has 0 spiro atoms. The Kier molecular flexibility index (Phi) is 4.14. The third kappa shape index (κ3) is 3.73. The van der Waals surface area contributed by atoms with Gasteiger partial charge in [-0.1, -0.05) is 6.07 Å². The quantitative estimate of drug-likeness (QED) is 0.884. The lowest BCUT2D eigenvalue weighted by Gasteiger charge is -2.20. The Morgan fingerprint density at radius 3 is 2.74 bits per heavy atom. The molecule has 0 aromatic heterocycles. The molecule has 1 atom stereocenters. The second-order valence-electron chi connectivity index (χ2n) is 5.09. The van der Waals surface area contributed by atoms with E-state index in [2.05, 4.69) is 0 Å². The predicted molar refractivity (Wildman–Crippen MR) is 66.4 cm³/mol. The summed E-state index contributed by atoms with van der Waals surface area (Å²) in [6, 6.07) is 3.17. The van der Waals surface area contributed by atoms with Gasteiger partial charge in [0.2, 0.25) is 5.91 Å². The van der Waals surface area contributed by atoms with Crippen LogP contribution < -0.4 is 0 Å². The number of aliphatic hydroxyl groups is 1. The molecule has 0 heterocycles. The number of benzene rings is 1. The summed E-state index contributed by atoms with van der Waals surface area (Å²) >= 11 is 0. The summed E-state index contributed by atoms with van der Waals surface area (Å²) in [4.78, 5) is 13.3. The summed E-state index contributed by atoms with van der Waals surface area (Å²) in [6.45, 7) is 0.256. The number of likely N-dealkylation sites (N-methyl/N-ethyl adjacent to an activating group) is 1. The molecule has 1 unspecified atom stereocenters. The fourth-order valence-corrected chi connectivity index (χ4v) is 1.98. The van der Waals surface area contributed by atoms with Gasteiger partial charge in [0.1, 0.15) is 11.6 Å². The largest absolute Gasteiger partial charge is 0.391 e. The van der Waals surface area contributed by atoms with Gasteiger partial charge < -0.3 is 10.0 Å². The standard InChI is InChI=1S/C14H17F2NO2/c1-17(8-13(18)9-2-3-9)14(19)6-10-4-5-11(15)7-12(10)16/h4-5,7,9,13,18H,2-3,6,8H2,1H3. The minimum absolute atomic E-state index is 0.125. The summed E-state index contributed by atoms with van der Waals surface area (Å²) < 4.78 is 26.2. The van der Waals surface area contributed by atoms with Crippen LogP contribution in [0.25, 0.3) is 0 Å². The van der Waals surface area contributed by atoms with Crippen LogP contribution in [0.1, 0.15) is 18.4 Å². The SMILES string of the molecule is CN(CC(O)C1CC1)C(=O)Cc1ccc(F)cc1F. The summed E-state index contributed by atoms with van der Waals surface area (Å²) in [6.07, 6.45) is 1.36. The first-order chi connectivity index (χ1) is 8.97. The molecular formula is C14H17F2NO2. The Hall–Kier alpha value is -1.49. The highest BCUT2D eigenvalue weighted by atomic mass is 19.1. The zero-order valence-corrected chi connectivity index (χ0v) is 10.8. The molecule has 104 valence electrons. The summed E-state index contributed by atoms with van der Waals surface area (Å²) in [5.41, 5.74) is 0.166. The second kappa shape index (κ2) is 5.65. The summed E-state index contributed by atoms with van der Waals surface area (Å²) in [5, 5.41) is 9.75. The van der Waals surface area contributed by atoms with E-state index >= 15 is 0 Å². The molecule has 5 heteroatoms. The van der Waals surface area contributed by atoms with Crippen LogP contribution in [-0.4, -0.2) is 35.6 Å². The molecule has 1 amide bonds. The lowest BCUT2D eigenvalue weighted by Crippen LogP contribution is -2.36. The zero-order valence-electron chi connectivity index (χ0n) is 10.8. The molecule has 1 aliphatic carbocycles. The van der Waals surface area contributed by atoms with Crippen LogP contribution in [0, 0.1) is 17.6 Å². The van der Waals surface area contributed by atoms with E-state index in [0.717, 1.165) is 25.0 Å². The van der Waals surface area contributed by atoms with Gasteiger partial charge in [-0.05, 0) is 30.4 Å². The van der Waals surface area contributed by atoms with Gasteiger partial charge in [0.05, 0.1) is 12.5 Å². The highest BCUT2D eigenvalue weighted by molar-refractivity contribution is 5.78. The van der Waals surface area contributed by atoms with Gasteiger partial charge in [0.15, 0.2) is 0 Å². The van der Waals surface area contributed by atoms with Crippen molar-refractivity contribution in [2.45, 2.75) is 25.4 Å².